The molecule has 0 spiro atoms. The molecule has 4 rings (SSSR count). The summed E-state index contributed by atoms with van der Waals surface area (Å²) in [7, 11) is 0. The van der Waals surface area contributed by atoms with E-state index in [0.29, 0.717) is 6.54 Å². The molecule has 1 amide bonds. The van der Waals surface area contributed by atoms with Gasteiger partial charge in [0.15, 0.2) is 0 Å². The Labute approximate surface area is 159 Å². The number of fused-ring (bicyclic) bond motifs is 1. The Hall–Kier alpha value is -2.74. The summed E-state index contributed by atoms with van der Waals surface area (Å²) in [6.07, 6.45) is 2.15. The Bertz CT molecular complexity index is 1050. The Morgan fingerprint density at radius 2 is 2.07 bits per heavy atom. The van der Waals surface area contributed by atoms with Gasteiger partial charge in [-0.1, -0.05) is 12.1 Å². The third-order valence-corrected chi connectivity index (χ3v) is 6.07. The van der Waals surface area contributed by atoms with Gasteiger partial charge in [-0.05, 0) is 25.0 Å². The number of hydrogen-bond acceptors (Lipinski definition) is 5. The van der Waals surface area contributed by atoms with E-state index < -0.39 is 0 Å². The van der Waals surface area contributed by atoms with Crippen molar-refractivity contribution < 1.29 is 4.79 Å². The number of amides is 1. The Morgan fingerprint density at radius 1 is 1.22 bits per heavy atom. The van der Waals surface area contributed by atoms with Gasteiger partial charge in [0.1, 0.15) is 0 Å². The second kappa shape index (κ2) is 7.48. The number of aromatic amines is 1. The van der Waals surface area contributed by atoms with Crippen LogP contribution in [0.2, 0.25) is 0 Å². The molecule has 3 heterocycles. The molecule has 8 heteroatoms. The lowest BCUT2D eigenvalue weighted by atomic mass is 9.98. The van der Waals surface area contributed by atoms with Crippen LogP contribution in [0.1, 0.15) is 30.2 Å². The van der Waals surface area contributed by atoms with Crippen LogP contribution in [0, 0.1) is 0 Å². The van der Waals surface area contributed by atoms with Gasteiger partial charge in [-0.3, -0.25) is 19.5 Å². The third-order valence-electron chi connectivity index (χ3n) is 4.87. The molecule has 1 aliphatic rings. The van der Waals surface area contributed by atoms with Crippen molar-refractivity contribution in [1.29, 1.82) is 0 Å². The largest absolute Gasteiger partial charge is 0.342 e. The number of H-pyrrole nitrogens is 1. The molecule has 0 unspecified atom stereocenters. The molecule has 140 valence electrons. The van der Waals surface area contributed by atoms with Gasteiger partial charge in [0.05, 0.1) is 21.8 Å². The Kier molecular flexibility index (Phi) is 4.89. The predicted molar refractivity (Wildman–Crippen MR) is 104 cm³/mol. The highest BCUT2D eigenvalue weighted by Crippen LogP contribution is 2.33. The third kappa shape index (κ3) is 3.85. The number of likely N-dealkylation sites (tertiary alicyclic amines) is 1. The van der Waals surface area contributed by atoms with E-state index in [4.69, 9.17) is 4.98 Å². The first-order valence-corrected chi connectivity index (χ1v) is 9.85. The lowest BCUT2D eigenvalue weighted by Gasteiger charge is -2.32. The van der Waals surface area contributed by atoms with Crippen LogP contribution >= 0.6 is 11.3 Å². The van der Waals surface area contributed by atoms with Crippen LogP contribution in [0.3, 0.4) is 0 Å². The van der Waals surface area contributed by atoms with Crippen LogP contribution in [0.15, 0.2) is 46.0 Å². The maximum absolute atomic E-state index is 12.6. The topological polar surface area (TPSA) is 88.1 Å². The number of thiazole rings is 1. The van der Waals surface area contributed by atoms with E-state index >= 15 is 0 Å². The Morgan fingerprint density at radius 3 is 2.93 bits per heavy atom. The molecule has 1 saturated heterocycles. The van der Waals surface area contributed by atoms with Crippen LogP contribution in [0.4, 0.5) is 0 Å². The van der Waals surface area contributed by atoms with Gasteiger partial charge in [0.25, 0.3) is 11.1 Å². The summed E-state index contributed by atoms with van der Waals surface area (Å²) in [5.74, 6) is 0.247. The molecular weight excluding hydrogens is 364 g/mol. The highest BCUT2D eigenvalue weighted by atomic mass is 32.1. The minimum Gasteiger partial charge on any atom is -0.342 e. The standard InChI is InChI=1S/C19H20N4O3S/c24-16-7-8-18(26)23(21-16)11-9-17(25)22-10-3-4-13(12-22)19-20-14-5-1-2-6-15(14)27-19/h1-2,5-8,13H,3-4,9-12H2,(H,21,24)/t13-/m1/s1. The van der Waals surface area contributed by atoms with Crippen LogP contribution in [-0.2, 0) is 11.3 Å². The van der Waals surface area contributed by atoms with Gasteiger partial charge in [-0.2, -0.15) is 0 Å². The first-order valence-electron chi connectivity index (χ1n) is 9.03. The van der Waals surface area contributed by atoms with Crippen molar-refractivity contribution in [3.63, 3.8) is 0 Å². The van der Waals surface area contributed by atoms with Crippen molar-refractivity contribution in [2.24, 2.45) is 0 Å². The molecule has 1 aliphatic heterocycles. The van der Waals surface area contributed by atoms with Gasteiger partial charge < -0.3 is 4.90 Å². The lowest BCUT2D eigenvalue weighted by molar-refractivity contribution is -0.132. The molecule has 1 fully saturated rings. The maximum Gasteiger partial charge on any atom is 0.265 e. The van der Waals surface area contributed by atoms with E-state index in [1.807, 2.05) is 23.1 Å². The summed E-state index contributed by atoms with van der Waals surface area (Å²) in [5.41, 5.74) is 0.345. The van der Waals surface area contributed by atoms with E-state index in [1.54, 1.807) is 11.3 Å². The lowest BCUT2D eigenvalue weighted by Crippen LogP contribution is -2.40. The molecule has 0 radical (unpaired) electrons. The molecule has 3 aromatic rings. The van der Waals surface area contributed by atoms with Crippen LogP contribution in [0.5, 0.6) is 0 Å². The first kappa shape index (κ1) is 17.7. The summed E-state index contributed by atoms with van der Waals surface area (Å²) >= 11 is 1.70. The number of benzene rings is 1. The molecule has 0 aliphatic carbocycles. The molecule has 1 atom stereocenters. The Balaban J connectivity index is 1.43. The van der Waals surface area contributed by atoms with E-state index in [-0.39, 0.29) is 35.9 Å². The van der Waals surface area contributed by atoms with Gasteiger partial charge >= 0.3 is 0 Å². The van der Waals surface area contributed by atoms with Crippen molar-refractivity contribution >= 4 is 27.5 Å². The molecule has 0 bridgehead atoms. The maximum atomic E-state index is 12.6. The zero-order valence-corrected chi connectivity index (χ0v) is 15.6. The molecule has 2 aromatic heterocycles. The summed E-state index contributed by atoms with van der Waals surface area (Å²) in [6.45, 7) is 1.55. The quantitative estimate of drug-likeness (QED) is 0.745. The highest BCUT2D eigenvalue weighted by Gasteiger charge is 2.26. The zero-order valence-electron chi connectivity index (χ0n) is 14.8. The fourth-order valence-electron chi connectivity index (χ4n) is 3.46. The van der Waals surface area contributed by atoms with Gasteiger partial charge in [-0.15, -0.1) is 11.3 Å². The number of aromatic nitrogens is 3. The number of rotatable bonds is 4. The zero-order chi connectivity index (χ0) is 18.8. The molecule has 0 saturated carbocycles. The normalized spacial score (nSPS) is 17.3. The van der Waals surface area contributed by atoms with Crippen molar-refractivity contribution in [3.8, 4) is 0 Å². The van der Waals surface area contributed by atoms with E-state index in [2.05, 4.69) is 11.2 Å². The second-order valence-electron chi connectivity index (χ2n) is 6.75. The number of para-hydroxylation sites is 1. The van der Waals surface area contributed by atoms with E-state index in [9.17, 15) is 14.4 Å². The minimum absolute atomic E-state index is 0.00240. The summed E-state index contributed by atoms with van der Waals surface area (Å²) < 4.78 is 2.36. The highest BCUT2D eigenvalue weighted by molar-refractivity contribution is 7.18. The molecule has 1 N–H and O–H groups in total. The van der Waals surface area contributed by atoms with E-state index in [0.717, 1.165) is 29.9 Å². The number of carbonyl (C=O) groups excluding carboxylic acids is 1. The monoisotopic (exact) mass is 384 g/mol. The average molecular weight is 384 g/mol. The average Bonchev–Trinajstić information content (AvgIpc) is 3.13. The van der Waals surface area contributed by atoms with Gasteiger partial charge in [0, 0.05) is 37.6 Å². The number of nitrogens with one attached hydrogen (secondary N) is 1. The van der Waals surface area contributed by atoms with E-state index in [1.165, 1.54) is 21.5 Å². The summed E-state index contributed by atoms with van der Waals surface area (Å²) in [5, 5.41) is 3.53. The van der Waals surface area contributed by atoms with Crippen LogP contribution < -0.4 is 11.1 Å². The fraction of sp³-hybridized carbons (Fsp3) is 0.368. The molecule has 7 nitrogen and oxygen atoms in total. The van der Waals surface area contributed by atoms with Crippen molar-refractivity contribution in [1.82, 2.24) is 19.7 Å². The molecular formula is C19H20N4O3S. The van der Waals surface area contributed by atoms with Gasteiger partial charge in [0.2, 0.25) is 5.91 Å². The number of nitrogens with zero attached hydrogens (tertiary/aromatic N) is 3. The molecule has 27 heavy (non-hydrogen) atoms. The predicted octanol–water partition coefficient (Wildman–Crippen LogP) is 1.94. The van der Waals surface area contributed by atoms with Crippen molar-refractivity contribution in [3.05, 3.63) is 62.1 Å². The second-order valence-corrected chi connectivity index (χ2v) is 7.81. The first-order chi connectivity index (χ1) is 13.1. The minimum atomic E-state index is -0.351. The van der Waals surface area contributed by atoms with Crippen molar-refractivity contribution in [2.45, 2.75) is 31.7 Å². The number of piperidine rings is 1. The SMILES string of the molecule is O=C(CCn1[nH]c(=O)ccc1=O)N1CCC[C@@H](c2nc3ccccc3s2)C1. The van der Waals surface area contributed by atoms with Gasteiger partial charge in [-0.25, -0.2) is 9.67 Å². The number of aryl methyl sites for hydroxylation is 1. The number of hydrogen-bond donors (Lipinski definition) is 1. The smallest absolute Gasteiger partial charge is 0.265 e. The van der Waals surface area contributed by atoms with Crippen molar-refractivity contribution in [2.75, 3.05) is 13.1 Å². The van der Waals surface area contributed by atoms with Crippen LogP contribution in [-0.4, -0.2) is 38.7 Å². The summed E-state index contributed by atoms with van der Waals surface area (Å²) in [4.78, 5) is 42.3. The fourth-order valence-corrected chi connectivity index (χ4v) is 4.56. The summed E-state index contributed by atoms with van der Waals surface area (Å²) in [6, 6.07) is 10.5. The molecule has 1 aromatic carbocycles. The number of carbonyl (C=O) groups is 1. The van der Waals surface area contributed by atoms with Crippen LogP contribution in [0.25, 0.3) is 10.2 Å².